The molecule has 0 aliphatic heterocycles. The first kappa shape index (κ1) is 58.6. The number of unbranched alkanes of at least 4 members (excludes halogenated alkanes) is 17. The van der Waals surface area contributed by atoms with Crippen LogP contribution in [0.4, 0.5) is 0 Å². The van der Waals surface area contributed by atoms with Crippen LogP contribution in [-0.4, -0.2) is 98.3 Å². The van der Waals surface area contributed by atoms with Crippen LogP contribution in [0, 0.1) is 0 Å². The monoisotopic (exact) mass is 913 g/mol. The first-order valence-corrected chi connectivity index (χ1v) is 25.6. The number of carbonyl (C=O) groups excluding carboxylic acids is 2. The van der Waals surface area contributed by atoms with E-state index in [4.69, 9.17) is 18.5 Å². The van der Waals surface area contributed by atoms with Gasteiger partial charge in [-0.25, -0.2) is 4.57 Å². The van der Waals surface area contributed by atoms with Crippen molar-refractivity contribution in [2.45, 2.75) is 224 Å². The van der Waals surface area contributed by atoms with Crippen LogP contribution in [0.2, 0.25) is 0 Å². The molecule has 63 heavy (non-hydrogen) atoms. The summed E-state index contributed by atoms with van der Waals surface area (Å²) in [4.78, 5) is 35.7. The zero-order valence-corrected chi connectivity index (χ0v) is 39.5. The molecular weight excluding hydrogens is 827 g/mol. The van der Waals surface area contributed by atoms with E-state index in [2.05, 4.69) is 74.6 Å². The predicted molar refractivity (Wildman–Crippen MR) is 249 cm³/mol. The molecule has 6 unspecified atom stereocenters. The molecule has 1 fully saturated rings. The fraction of sp³-hybridized carbons (Fsp3) is 0.755. The Kier molecular flexibility index (Phi) is 36.1. The normalized spacial score (nSPS) is 22.2. The van der Waals surface area contributed by atoms with Crippen LogP contribution in [0.25, 0.3) is 0 Å². The summed E-state index contributed by atoms with van der Waals surface area (Å²) in [6.07, 6.45) is 34.2. The average molecular weight is 913 g/mol. The van der Waals surface area contributed by atoms with Gasteiger partial charge in [-0.3, -0.25) is 18.6 Å². The summed E-state index contributed by atoms with van der Waals surface area (Å²) in [5.74, 6) is -1.15. The van der Waals surface area contributed by atoms with Crippen LogP contribution in [0.3, 0.4) is 0 Å². The summed E-state index contributed by atoms with van der Waals surface area (Å²) in [5.41, 5.74) is 0. The Labute approximate surface area is 379 Å². The predicted octanol–water partition coefficient (Wildman–Crippen LogP) is 9.73. The third kappa shape index (κ3) is 31.2. The second kappa shape index (κ2) is 38.8. The van der Waals surface area contributed by atoms with Crippen molar-refractivity contribution in [3.8, 4) is 0 Å². The Morgan fingerprint density at radius 1 is 0.508 bits per heavy atom. The largest absolute Gasteiger partial charge is 0.472 e. The lowest BCUT2D eigenvalue weighted by atomic mass is 9.85. The summed E-state index contributed by atoms with van der Waals surface area (Å²) < 4.78 is 33.5. The number of ether oxygens (including phenoxy) is 2. The lowest BCUT2D eigenvalue weighted by molar-refractivity contribution is -0.220. The molecule has 6 N–H and O–H groups in total. The number of allylic oxidation sites excluding steroid dienone is 10. The fourth-order valence-electron chi connectivity index (χ4n) is 6.98. The molecule has 0 aromatic rings. The van der Waals surface area contributed by atoms with E-state index >= 15 is 0 Å². The van der Waals surface area contributed by atoms with Gasteiger partial charge in [0.2, 0.25) is 0 Å². The van der Waals surface area contributed by atoms with Gasteiger partial charge in [-0.2, -0.15) is 0 Å². The second-order valence-corrected chi connectivity index (χ2v) is 18.0. The van der Waals surface area contributed by atoms with E-state index in [0.717, 1.165) is 70.6 Å². The molecule has 0 aromatic carbocycles. The molecule has 364 valence electrons. The minimum absolute atomic E-state index is 0.0833. The molecule has 1 saturated carbocycles. The SMILES string of the molecule is CC/C=C/C/C=C/C/C=C/C/C=C/CCCCC(=O)OC[C@H](COP(=O)(O)OC1C(O)C(O)C(O)[C@@H](O)C1O)OC(=O)CCCCCCCCCCC/C=C/CCCCCCCC. The molecule has 0 bridgehead atoms. The van der Waals surface area contributed by atoms with Gasteiger partial charge >= 0.3 is 19.8 Å². The zero-order chi connectivity index (χ0) is 46.4. The molecule has 13 nitrogen and oxygen atoms in total. The number of hydrogen-bond acceptors (Lipinski definition) is 12. The number of phosphoric ester groups is 1. The Hall–Kier alpha value is -2.45. The lowest BCUT2D eigenvalue weighted by Crippen LogP contribution is -2.64. The van der Waals surface area contributed by atoms with E-state index in [-0.39, 0.29) is 12.8 Å². The van der Waals surface area contributed by atoms with Crippen LogP contribution in [0.5, 0.6) is 0 Å². The Morgan fingerprint density at radius 3 is 1.43 bits per heavy atom. The van der Waals surface area contributed by atoms with Crippen LogP contribution in [-0.2, 0) is 32.7 Å². The van der Waals surface area contributed by atoms with Crippen LogP contribution < -0.4 is 0 Å². The Balaban J connectivity index is 2.46. The number of rotatable bonds is 39. The number of aliphatic hydroxyl groups is 5. The van der Waals surface area contributed by atoms with Crippen LogP contribution in [0.1, 0.15) is 181 Å². The van der Waals surface area contributed by atoms with E-state index in [1.54, 1.807) is 0 Å². The topological polar surface area (TPSA) is 210 Å². The number of aliphatic hydroxyl groups excluding tert-OH is 5. The van der Waals surface area contributed by atoms with Gasteiger partial charge in [0.25, 0.3) is 0 Å². The highest BCUT2D eigenvalue weighted by Crippen LogP contribution is 2.47. The number of esters is 2. The smallest absolute Gasteiger partial charge is 0.462 e. The van der Waals surface area contributed by atoms with Crippen molar-refractivity contribution in [3.05, 3.63) is 60.8 Å². The van der Waals surface area contributed by atoms with Crippen LogP contribution >= 0.6 is 7.82 Å². The molecule has 0 spiro atoms. The lowest BCUT2D eigenvalue weighted by Gasteiger charge is -2.41. The summed E-state index contributed by atoms with van der Waals surface area (Å²) in [7, 11) is -5.13. The molecule has 0 radical (unpaired) electrons. The average Bonchev–Trinajstić information content (AvgIpc) is 3.26. The van der Waals surface area contributed by atoms with Gasteiger partial charge in [0, 0.05) is 12.8 Å². The number of phosphoric acid groups is 1. The summed E-state index contributed by atoms with van der Waals surface area (Å²) in [6.45, 7) is 3.15. The van der Waals surface area contributed by atoms with Gasteiger partial charge in [-0.05, 0) is 77.0 Å². The molecule has 1 aliphatic rings. The van der Waals surface area contributed by atoms with E-state index in [9.17, 15) is 44.6 Å². The maximum Gasteiger partial charge on any atom is 0.472 e. The maximum absolute atomic E-state index is 12.8. The van der Waals surface area contributed by atoms with Crippen molar-refractivity contribution in [1.29, 1.82) is 0 Å². The highest BCUT2D eigenvalue weighted by atomic mass is 31.2. The Morgan fingerprint density at radius 2 is 0.905 bits per heavy atom. The van der Waals surface area contributed by atoms with E-state index in [1.807, 2.05) is 0 Å². The molecule has 0 heterocycles. The molecule has 0 saturated heterocycles. The molecule has 0 aromatic heterocycles. The summed E-state index contributed by atoms with van der Waals surface area (Å²) >= 11 is 0. The second-order valence-electron chi connectivity index (χ2n) is 16.6. The van der Waals surface area contributed by atoms with Gasteiger partial charge in [-0.1, -0.05) is 152 Å². The first-order chi connectivity index (χ1) is 30.4. The van der Waals surface area contributed by atoms with E-state index in [1.165, 1.54) is 70.6 Å². The first-order valence-electron chi connectivity index (χ1n) is 24.1. The van der Waals surface area contributed by atoms with Crippen molar-refractivity contribution in [2.24, 2.45) is 0 Å². The third-order valence-electron chi connectivity index (χ3n) is 10.8. The third-order valence-corrected chi connectivity index (χ3v) is 11.8. The van der Waals surface area contributed by atoms with Crippen LogP contribution in [0.15, 0.2) is 60.8 Å². The maximum atomic E-state index is 12.8. The highest BCUT2D eigenvalue weighted by Gasteiger charge is 2.51. The fourth-order valence-corrected chi connectivity index (χ4v) is 7.95. The van der Waals surface area contributed by atoms with Gasteiger partial charge < -0.3 is 39.9 Å². The van der Waals surface area contributed by atoms with Crippen molar-refractivity contribution < 1.29 is 63.1 Å². The van der Waals surface area contributed by atoms with E-state index in [0.29, 0.717) is 12.8 Å². The van der Waals surface area contributed by atoms with Crippen molar-refractivity contribution >= 4 is 19.8 Å². The van der Waals surface area contributed by atoms with E-state index < -0.39 is 75.7 Å². The molecular formula is C49H85O13P. The number of hydrogen-bond donors (Lipinski definition) is 6. The summed E-state index contributed by atoms with van der Waals surface area (Å²) in [5, 5.41) is 50.2. The van der Waals surface area contributed by atoms with Crippen molar-refractivity contribution in [3.63, 3.8) is 0 Å². The highest BCUT2D eigenvalue weighted by molar-refractivity contribution is 7.47. The molecule has 1 rings (SSSR count). The Bertz CT molecular complexity index is 1330. The van der Waals surface area contributed by atoms with Gasteiger partial charge in [0.05, 0.1) is 6.61 Å². The quantitative estimate of drug-likeness (QED) is 0.0147. The van der Waals surface area contributed by atoms with Gasteiger partial charge in [0.1, 0.15) is 43.2 Å². The zero-order valence-electron chi connectivity index (χ0n) is 38.6. The molecule has 0 amide bonds. The number of carbonyl (C=O) groups is 2. The molecule has 8 atom stereocenters. The van der Waals surface area contributed by atoms with Gasteiger partial charge in [-0.15, -0.1) is 0 Å². The standard InChI is InChI=1S/C49H85O13P/c1-3-5-7-9-11-13-15-17-19-20-21-22-24-26-28-30-32-34-36-38-43(51)61-41(40-60-63(57,58)62-49-47(55)45(53)44(52)46(54)48(49)56)39-59-42(50)37-35-33-31-29-27-25-23-18-16-14-12-10-8-6-4-2/h6,8,12,14,17-19,23,27,29,41,44-49,52-56H,3-5,7,9-11,13,15-16,20-22,24-26,28,30-40H2,1-2H3,(H,57,58)/b8-6+,14-12+,19-17+,23-18+,29-27+/t41-,44?,45-,46?,47?,48?,49?/m1/s1. The minimum atomic E-state index is -5.13. The minimum Gasteiger partial charge on any atom is -0.462 e. The molecule has 1 aliphatic carbocycles. The van der Waals surface area contributed by atoms with Gasteiger partial charge in [0.15, 0.2) is 6.10 Å². The van der Waals surface area contributed by atoms with Crippen molar-refractivity contribution in [2.75, 3.05) is 13.2 Å². The summed E-state index contributed by atoms with van der Waals surface area (Å²) in [6, 6.07) is 0. The van der Waals surface area contributed by atoms with Crippen molar-refractivity contribution in [1.82, 2.24) is 0 Å². The molecule has 14 heteroatoms.